The Morgan fingerprint density at radius 1 is 1.05 bits per heavy atom. The summed E-state index contributed by atoms with van der Waals surface area (Å²) < 4.78 is 0. The summed E-state index contributed by atoms with van der Waals surface area (Å²) in [7, 11) is 0. The van der Waals surface area contributed by atoms with Gasteiger partial charge in [-0.15, -0.1) is 0 Å². The summed E-state index contributed by atoms with van der Waals surface area (Å²) in [6.07, 6.45) is 5.43. The Morgan fingerprint density at radius 3 is 2.36 bits per heavy atom. The van der Waals surface area contributed by atoms with Crippen molar-refractivity contribution >= 4 is 23.2 Å². The fraction of sp³-hybridized carbons (Fsp3) is 0.105. The first kappa shape index (κ1) is 14.6. The number of anilines is 1. The third-order valence-corrected chi connectivity index (χ3v) is 4.09. The maximum absolute atomic E-state index is 12.5. The highest BCUT2D eigenvalue weighted by atomic mass is 35.5. The molecule has 3 heteroatoms. The number of β-lactam (4-membered cyclic amide) rings is 1. The van der Waals surface area contributed by atoms with Crippen LogP contribution in [0.3, 0.4) is 0 Å². The van der Waals surface area contributed by atoms with Gasteiger partial charge in [0, 0.05) is 10.7 Å². The number of rotatable bonds is 4. The molecular weight excluding hydrogens is 294 g/mol. The maximum atomic E-state index is 12.5. The lowest BCUT2D eigenvalue weighted by atomic mass is 9.81. The van der Waals surface area contributed by atoms with Crippen LogP contribution in [0.4, 0.5) is 5.69 Å². The summed E-state index contributed by atoms with van der Waals surface area (Å²) in [6.45, 7) is 3.67. The number of hydrogen-bond acceptors (Lipinski definition) is 1. The molecule has 2 nitrogen and oxygen atoms in total. The third-order valence-electron chi connectivity index (χ3n) is 3.84. The van der Waals surface area contributed by atoms with Crippen LogP contribution in [0.25, 0.3) is 0 Å². The molecule has 1 amide bonds. The van der Waals surface area contributed by atoms with Gasteiger partial charge in [0.15, 0.2) is 0 Å². The maximum Gasteiger partial charge on any atom is 0.236 e. The van der Waals surface area contributed by atoms with Crippen LogP contribution in [0.2, 0.25) is 5.02 Å². The summed E-state index contributed by atoms with van der Waals surface area (Å²) in [5.41, 5.74) is 1.99. The summed E-state index contributed by atoms with van der Waals surface area (Å²) in [5.74, 6) is -0.0661. The minimum Gasteiger partial charge on any atom is -0.303 e. The SMILES string of the molecule is C=C/C=C/[C@@H]1C(=O)N(c2ccccc2)[C@H]1c1ccc(Cl)cc1. The average molecular weight is 310 g/mol. The van der Waals surface area contributed by atoms with E-state index < -0.39 is 0 Å². The normalized spacial score (nSPS) is 21.0. The summed E-state index contributed by atoms with van der Waals surface area (Å²) >= 11 is 5.97. The molecule has 22 heavy (non-hydrogen) atoms. The zero-order chi connectivity index (χ0) is 15.5. The van der Waals surface area contributed by atoms with Gasteiger partial charge in [0.1, 0.15) is 0 Å². The van der Waals surface area contributed by atoms with Gasteiger partial charge in [0.2, 0.25) is 5.91 Å². The van der Waals surface area contributed by atoms with E-state index in [1.54, 1.807) is 6.08 Å². The largest absolute Gasteiger partial charge is 0.303 e. The van der Waals surface area contributed by atoms with Crippen molar-refractivity contribution in [2.45, 2.75) is 6.04 Å². The predicted octanol–water partition coefficient (Wildman–Crippen LogP) is 4.79. The fourth-order valence-corrected chi connectivity index (χ4v) is 2.92. The fourth-order valence-electron chi connectivity index (χ4n) is 2.79. The van der Waals surface area contributed by atoms with Crippen molar-refractivity contribution in [1.29, 1.82) is 0 Å². The predicted molar refractivity (Wildman–Crippen MR) is 90.9 cm³/mol. The molecule has 0 unspecified atom stereocenters. The molecule has 0 spiro atoms. The number of halogens is 1. The van der Waals surface area contributed by atoms with Crippen LogP contribution < -0.4 is 4.90 Å². The van der Waals surface area contributed by atoms with Crippen molar-refractivity contribution < 1.29 is 4.79 Å². The summed E-state index contributed by atoms with van der Waals surface area (Å²) in [6, 6.07) is 17.4. The number of allylic oxidation sites excluding steroid dienone is 2. The zero-order valence-electron chi connectivity index (χ0n) is 12.0. The number of amides is 1. The Kier molecular flexibility index (Phi) is 4.12. The molecule has 0 radical (unpaired) electrons. The van der Waals surface area contributed by atoms with E-state index in [2.05, 4.69) is 6.58 Å². The average Bonchev–Trinajstić information content (AvgIpc) is 2.55. The van der Waals surface area contributed by atoms with E-state index in [-0.39, 0.29) is 17.9 Å². The van der Waals surface area contributed by atoms with Crippen molar-refractivity contribution in [3.8, 4) is 0 Å². The Hall–Kier alpha value is -2.32. The van der Waals surface area contributed by atoms with Gasteiger partial charge in [-0.1, -0.05) is 66.7 Å². The minimum atomic E-state index is -0.167. The molecule has 0 aromatic heterocycles. The highest BCUT2D eigenvalue weighted by molar-refractivity contribution is 6.30. The van der Waals surface area contributed by atoms with Crippen molar-refractivity contribution in [1.82, 2.24) is 0 Å². The van der Waals surface area contributed by atoms with Crippen LogP contribution in [0.1, 0.15) is 11.6 Å². The van der Waals surface area contributed by atoms with E-state index in [9.17, 15) is 4.79 Å². The molecule has 110 valence electrons. The van der Waals surface area contributed by atoms with Crippen LogP contribution in [0.5, 0.6) is 0 Å². The van der Waals surface area contributed by atoms with Crippen molar-refractivity contribution in [3.05, 3.63) is 90.0 Å². The molecule has 3 rings (SSSR count). The molecule has 1 aliphatic heterocycles. The molecule has 0 aliphatic carbocycles. The molecule has 2 atom stereocenters. The lowest BCUT2D eigenvalue weighted by molar-refractivity contribution is -0.128. The quantitative estimate of drug-likeness (QED) is 0.587. The van der Waals surface area contributed by atoms with Crippen LogP contribution in [0.15, 0.2) is 79.4 Å². The molecule has 1 saturated heterocycles. The second-order valence-electron chi connectivity index (χ2n) is 5.19. The highest BCUT2D eigenvalue weighted by Crippen LogP contribution is 2.44. The highest BCUT2D eigenvalue weighted by Gasteiger charge is 2.47. The van der Waals surface area contributed by atoms with Gasteiger partial charge in [-0.2, -0.15) is 0 Å². The molecule has 0 bridgehead atoms. The van der Waals surface area contributed by atoms with E-state index in [1.807, 2.05) is 71.6 Å². The van der Waals surface area contributed by atoms with E-state index in [1.165, 1.54) is 0 Å². The van der Waals surface area contributed by atoms with Gasteiger partial charge in [-0.3, -0.25) is 4.79 Å². The first-order chi connectivity index (χ1) is 10.7. The number of hydrogen-bond donors (Lipinski definition) is 0. The lowest BCUT2D eigenvalue weighted by Crippen LogP contribution is -2.54. The molecule has 2 aromatic rings. The van der Waals surface area contributed by atoms with E-state index >= 15 is 0 Å². The summed E-state index contributed by atoms with van der Waals surface area (Å²) in [5, 5.41) is 0.693. The molecule has 0 saturated carbocycles. The first-order valence-electron chi connectivity index (χ1n) is 7.15. The number of carbonyl (C=O) groups excluding carboxylic acids is 1. The van der Waals surface area contributed by atoms with Gasteiger partial charge >= 0.3 is 0 Å². The Labute approximate surface area is 135 Å². The number of para-hydroxylation sites is 1. The van der Waals surface area contributed by atoms with Gasteiger partial charge in [0.25, 0.3) is 0 Å². The van der Waals surface area contributed by atoms with Crippen LogP contribution >= 0.6 is 11.6 Å². The Bertz CT molecular complexity index is 706. The van der Waals surface area contributed by atoms with Crippen molar-refractivity contribution in [2.24, 2.45) is 5.92 Å². The van der Waals surface area contributed by atoms with Crippen molar-refractivity contribution in [2.75, 3.05) is 4.90 Å². The summed E-state index contributed by atoms with van der Waals surface area (Å²) in [4.78, 5) is 14.4. The molecule has 0 N–H and O–H groups in total. The standard InChI is InChI=1S/C19H16ClNO/c1-2-3-9-17-18(14-10-12-15(20)13-11-14)21(19(17)22)16-7-5-4-6-8-16/h2-13,17-18H,1H2/b9-3+/t17-,18-/m0/s1. The smallest absolute Gasteiger partial charge is 0.236 e. The Balaban J connectivity index is 1.98. The van der Waals surface area contributed by atoms with E-state index in [0.717, 1.165) is 11.3 Å². The number of nitrogens with zero attached hydrogens (tertiary/aromatic N) is 1. The molecule has 1 heterocycles. The van der Waals surface area contributed by atoms with E-state index in [0.29, 0.717) is 5.02 Å². The van der Waals surface area contributed by atoms with E-state index in [4.69, 9.17) is 11.6 Å². The van der Waals surface area contributed by atoms with Crippen LogP contribution in [0, 0.1) is 5.92 Å². The molecular formula is C19H16ClNO. The molecule has 1 aliphatic rings. The topological polar surface area (TPSA) is 20.3 Å². The molecule has 2 aromatic carbocycles. The van der Waals surface area contributed by atoms with Gasteiger partial charge in [-0.05, 0) is 29.8 Å². The monoisotopic (exact) mass is 309 g/mol. The van der Waals surface area contributed by atoms with Crippen LogP contribution in [-0.4, -0.2) is 5.91 Å². The number of benzene rings is 2. The van der Waals surface area contributed by atoms with Gasteiger partial charge in [0.05, 0.1) is 12.0 Å². The van der Waals surface area contributed by atoms with Gasteiger partial charge in [-0.25, -0.2) is 0 Å². The zero-order valence-corrected chi connectivity index (χ0v) is 12.8. The van der Waals surface area contributed by atoms with Gasteiger partial charge < -0.3 is 4.90 Å². The lowest BCUT2D eigenvalue weighted by Gasteiger charge is -2.46. The third kappa shape index (κ3) is 2.58. The van der Waals surface area contributed by atoms with Crippen LogP contribution in [-0.2, 0) is 4.79 Å². The number of carbonyl (C=O) groups is 1. The van der Waals surface area contributed by atoms with Crippen molar-refractivity contribution in [3.63, 3.8) is 0 Å². The molecule has 1 fully saturated rings. The Morgan fingerprint density at radius 2 is 1.73 bits per heavy atom. The second kappa shape index (κ2) is 6.20. The minimum absolute atomic E-state index is 0.0108. The second-order valence-corrected chi connectivity index (χ2v) is 5.62. The first-order valence-corrected chi connectivity index (χ1v) is 7.53.